The minimum absolute atomic E-state index is 0.137. The second-order valence-electron chi connectivity index (χ2n) is 5.00. The molecule has 17 heavy (non-hydrogen) atoms. The van der Waals surface area contributed by atoms with E-state index in [4.69, 9.17) is 0 Å². The highest BCUT2D eigenvalue weighted by Crippen LogP contribution is 2.38. The van der Waals surface area contributed by atoms with Crippen LogP contribution < -0.4 is 0 Å². The molecule has 2 atom stereocenters. The number of carbonyl (C=O) groups excluding carboxylic acids is 1. The predicted octanol–water partition coefficient (Wildman–Crippen LogP) is 2.40. The SMILES string of the molecule is C=C1CC2CCC(C1)N2C(=O)c1cccnc1. The van der Waals surface area contributed by atoms with Crippen molar-refractivity contribution in [1.82, 2.24) is 9.88 Å². The van der Waals surface area contributed by atoms with Crippen LogP contribution >= 0.6 is 0 Å². The zero-order valence-electron chi connectivity index (χ0n) is 9.80. The lowest BCUT2D eigenvalue weighted by Crippen LogP contribution is -2.44. The van der Waals surface area contributed by atoms with E-state index in [1.165, 1.54) is 5.57 Å². The maximum atomic E-state index is 12.4. The Balaban J connectivity index is 1.86. The molecule has 2 saturated heterocycles. The lowest BCUT2D eigenvalue weighted by molar-refractivity contribution is 0.0635. The molecule has 2 aliphatic heterocycles. The quantitative estimate of drug-likeness (QED) is 0.691. The van der Waals surface area contributed by atoms with Crippen LogP contribution in [0.15, 0.2) is 36.7 Å². The molecule has 0 saturated carbocycles. The fourth-order valence-electron chi connectivity index (χ4n) is 3.08. The molecule has 0 N–H and O–H groups in total. The number of carbonyl (C=O) groups is 1. The topological polar surface area (TPSA) is 33.2 Å². The number of hydrogen-bond donors (Lipinski definition) is 0. The Labute approximate surface area is 101 Å². The lowest BCUT2D eigenvalue weighted by Gasteiger charge is -2.35. The van der Waals surface area contributed by atoms with E-state index < -0.39 is 0 Å². The van der Waals surface area contributed by atoms with Gasteiger partial charge in [0.15, 0.2) is 0 Å². The zero-order chi connectivity index (χ0) is 11.8. The standard InChI is InChI=1S/C14H16N2O/c1-10-7-12-4-5-13(8-10)16(12)14(17)11-3-2-6-15-9-11/h2-3,6,9,12-13H,1,4-5,7-8H2. The van der Waals surface area contributed by atoms with E-state index in [2.05, 4.69) is 16.5 Å². The van der Waals surface area contributed by atoms with Crippen LogP contribution in [-0.4, -0.2) is 27.9 Å². The Morgan fingerprint density at radius 2 is 2.06 bits per heavy atom. The van der Waals surface area contributed by atoms with Crippen molar-refractivity contribution < 1.29 is 4.79 Å². The molecule has 2 fully saturated rings. The van der Waals surface area contributed by atoms with Crippen molar-refractivity contribution in [3.63, 3.8) is 0 Å². The van der Waals surface area contributed by atoms with E-state index in [1.807, 2.05) is 12.1 Å². The van der Waals surface area contributed by atoms with Gasteiger partial charge in [-0.1, -0.05) is 12.2 Å². The van der Waals surface area contributed by atoms with Crippen LogP contribution in [-0.2, 0) is 0 Å². The fraction of sp³-hybridized carbons (Fsp3) is 0.429. The normalized spacial score (nSPS) is 27.3. The van der Waals surface area contributed by atoms with E-state index >= 15 is 0 Å². The smallest absolute Gasteiger partial charge is 0.255 e. The van der Waals surface area contributed by atoms with Gasteiger partial charge in [0, 0.05) is 24.5 Å². The second-order valence-corrected chi connectivity index (χ2v) is 5.00. The van der Waals surface area contributed by atoms with Crippen molar-refractivity contribution >= 4 is 5.91 Å². The van der Waals surface area contributed by atoms with Crippen LogP contribution in [0.3, 0.4) is 0 Å². The second kappa shape index (κ2) is 3.99. The van der Waals surface area contributed by atoms with Crippen molar-refractivity contribution in [3.05, 3.63) is 42.2 Å². The van der Waals surface area contributed by atoms with Crippen LogP contribution in [0, 0.1) is 0 Å². The third-order valence-corrected chi connectivity index (χ3v) is 3.81. The summed E-state index contributed by atoms with van der Waals surface area (Å²) >= 11 is 0. The number of hydrogen-bond acceptors (Lipinski definition) is 2. The van der Waals surface area contributed by atoms with Crippen LogP contribution in [0.25, 0.3) is 0 Å². The van der Waals surface area contributed by atoms with E-state index in [0.717, 1.165) is 25.7 Å². The van der Waals surface area contributed by atoms with Gasteiger partial charge in [-0.15, -0.1) is 0 Å². The summed E-state index contributed by atoms with van der Waals surface area (Å²) < 4.78 is 0. The Morgan fingerprint density at radius 3 is 2.65 bits per heavy atom. The first kappa shape index (κ1) is 10.5. The highest BCUT2D eigenvalue weighted by Gasteiger charge is 2.40. The van der Waals surface area contributed by atoms with Crippen molar-refractivity contribution in [1.29, 1.82) is 0 Å². The number of pyridine rings is 1. The fourth-order valence-corrected chi connectivity index (χ4v) is 3.08. The highest BCUT2D eigenvalue weighted by atomic mass is 16.2. The van der Waals surface area contributed by atoms with Crippen molar-refractivity contribution in [2.75, 3.05) is 0 Å². The first-order valence-corrected chi connectivity index (χ1v) is 6.15. The van der Waals surface area contributed by atoms with Crippen LogP contribution in [0.1, 0.15) is 36.0 Å². The number of amides is 1. The van der Waals surface area contributed by atoms with E-state index in [9.17, 15) is 4.79 Å². The summed E-state index contributed by atoms with van der Waals surface area (Å²) in [6.45, 7) is 4.07. The van der Waals surface area contributed by atoms with Gasteiger partial charge in [-0.3, -0.25) is 9.78 Å². The Bertz CT molecular complexity index is 439. The van der Waals surface area contributed by atoms with Crippen LogP contribution in [0.2, 0.25) is 0 Å². The molecule has 0 radical (unpaired) electrons. The monoisotopic (exact) mass is 228 g/mol. The van der Waals surface area contributed by atoms with E-state index in [0.29, 0.717) is 17.6 Å². The first-order chi connectivity index (χ1) is 8.25. The lowest BCUT2D eigenvalue weighted by atomic mass is 9.97. The van der Waals surface area contributed by atoms with Gasteiger partial charge in [0.25, 0.3) is 5.91 Å². The molecular formula is C14H16N2O. The van der Waals surface area contributed by atoms with Crippen molar-refractivity contribution in [2.45, 2.75) is 37.8 Å². The van der Waals surface area contributed by atoms with Gasteiger partial charge in [0.05, 0.1) is 5.56 Å². The maximum absolute atomic E-state index is 12.4. The molecule has 88 valence electrons. The molecule has 2 unspecified atom stereocenters. The van der Waals surface area contributed by atoms with Gasteiger partial charge in [-0.25, -0.2) is 0 Å². The molecule has 3 heteroatoms. The average molecular weight is 228 g/mol. The average Bonchev–Trinajstić information content (AvgIpc) is 2.62. The molecule has 2 bridgehead atoms. The Hall–Kier alpha value is -1.64. The summed E-state index contributed by atoms with van der Waals surface area (Å²) in [5, 5.41) is 0. The third kappa shape index (κ3) is 1.75. The summed E-state index contributed by atoms with van der Waals surface area (Å²) in [7, 11) is 0. The molecule has 1 aromatic rings. The largest absolute Gasteiger partial charge is 0.332 e. The Kier molecular flexibility index (Phi) is 2.46. The number of piperidine rings is 1. The van der Waals surface area contributed by atoms with Crippen molar-refractivity contribution in [3.8, 4) is 0 Å². The van der Waals surface area contributed by atoms with Gasteiger partial charge in [0.2, 0.25) is 0 Å². The maximum Gasteiger partial charge on any atom is 0.255 e. The summed E-state index contributed by atoms with van der Waals surface area (Å²) in [5.41, 5.74) is 2.00. The minimum Gasteiger partial charge on any atom is -0.332 e. The number of aromatic nitrogens is 1. The Morgan fingerprint density at radius 1 is 1.35 bits per heavy atom. The molecule has 3 rings (SSSR count). The van der Waals surface area contributed by atoms with Gasteiger partial charge >= 0.3 is 0 Å². The van der Waals surface area contributed by atoms with Crippen molar-refractivity contribution in [2.24, 2.45) is 0 Å². The van der Waals surface area contributed by atoms with E-state index in [1.54, 1.807) is 12.4 Å². The highest BCUT2D eigenvalue weighted by molar-refractivity contribution is 5.94. The number of nitrogens with zero attached hydrogens (tertiary/aromatic N) is 2. The van der Waals surface area contributed by atoms with Gasteiger partial charge in [-0.2, -0.15) is 0 Å². The molecule has 0 aromatic carbocycles. The molecule has 3 heterocycles. The molecule has 0 spiro atoms. The van der Waals surface area contributed by atoms with Gasteiger partial charge < -0.3 is 4.90 Å². The van der Waals surface area contributed by atoms with Gasteiger partial charge in [0.1, 0.15) is 0 Å². The summed E-state index contributed by atoms with van der Waals surface area (Å²) in [6.07, 6.45) is 7.55. The van der Waals surface area contributed by atoms with E-state index in [-0.39, 0.29) is 5.91 Å². The first-order valence-electron chi connectivity index (χ1n) is 6.15. The van der Waals surface area contributed by atoms with Crippen LogP contribution in [0.5, 0.6) is 0 Å². The summed E-state index contributed by atoms with van der Waals surface area (Å²) in [5.74, 6) is 0.137. The summed E-state index contributed by atoms with van der Waals surface area (Å²) in [6, 6.07) is 4.40. The molecule has 2 aliphatic rings. The summed E-state index contributed by atoms with van der Waals surface area (Å²) in [4.78, 5) is 18.5. The third-order valence-electron chi connectivity index (χ3n) is 3.81. The molecule has 0 aliphatic carbocycles. The predicted molar refractivity (Wildman–Crippen MR) is 65.6 cm³/mol. The number of rotatable bonds is 1. The molecular weight excluding hydrogens is 212 g/mol. The molecule has 3 nitrogen and oxygen atoms in total. The molecule has 1 aromatic heterocycles. The zero-order valence-corrected chi connectivity index (χ0v) is 9.80. The van der Waals surface area contributed by atoms with Gasteiger partial charge in [-0.05, 0) is 37.8 Å². The number of fused-ring (bicyclic) bond motifs is 2. The minimum atomic E-state index is 0.137. The van der Waals surface area contributed by atoms with Crippen LogP contribution in [0.4, 0.5) is 0 Å². The molecule has 1 amide bonds.